The van der Waals surface area contributed by atoms with Gasteiger partial charge in [0.1, 0.15) is 11.9 Å². The molecule has 0 radical (unpaired) electrons. The fraction of sp³-hybridized carbons (Fsp3) is 0.421. The van der Waals surface area contributed by atoms with Crippen LogP contribution >= 0.6 is 0 Å². The summed E-state index contributed by atoms with van der Waals surface area (Å²) >= 11 is 0. The lowest BCUT2D eigenvalue weighted by Gasteiger charge is -2.35. The summed E-state index contributed by atoms with van der Waals surface area (Å²) in [6.07, 6.45) is 6.87. The highest BCUT2D eigenvalue weighted by Gasteiger charge is 2.31. The Hall–Kier alpha value is -2.67. The Balaban J connectivity index is 1.81. The molecular formula is C19H21N3O4. The number of rotatable bonds is 3. The molecule has 0 aromatic carbocycles. The first-order chi connectivity index (χ1) is 12.5. The average Bonchev–Trinajstić information content (AvgIpc) is 3.26. The smallest absolute Gasteiger partial charge is 0.340 e. The van der Waals surface area contributed by atoms with Gasteiger partial charge in [0.2, 0.25) is 0 Å². The summed E-state index contributed by atoms with van der Waals surface area (Å²) in [7, 11) is 1.37. The van der Waals surface area contributed by atoms with Gasteiger partial charge in [0.15, 0.2) is 0 Å². The van der Waals surface area contributed by atoms with E-state index < -0.39 is 5.97 Å². The van der Waals surface area contributed by atoms with E-state index in [1.807, 2.05) is 16.7 Å². The summed E-state index contributed by atoms with van der Waals surface area (Å²) < 4.78 is 17.6. The second kappa shape index (κ2) is 6.25. The fourth-order valence-corrected chi connectivity index (χ4v) is 3.66. The molecule has 7 nitrogen and oxygen atoms in total. The summed E-state index contributed by atoms with van der Waals surface area (Å²) in [5.74, 6) is -0.0836. The molecule has 3 aromatic heterocycles. The third-order valence-electron chi connectivity index (χ3n) is 4.88. The van der Waals surface area contributed by atoms with E-state index in [9.17, 15) is 4.79 Å². The monoisotopic (exact) mass is 355 g/mol. The van der Waals surface area contributed by atoms with Crippen LogP contribution in [-0.2, 0) is 9.47 Å². The van der Waals surface area contributed by atoms with Crippen LogP contribution in [-0.4, -0.2) is 39.8 Å². The number of hydrogen-bond acceptors (Lipinski definition) is 6. The van der Waals surface area contributed by atoms with E-state index >= 15 is 0 Å². The van der Waals surface area contributed by atoms with E-state index in [1.165, 1.54) is 13.4 Å². The molecule has 7 heteroatoms. The molecule has 1 atom stereocenters. The van der Waals surface area contributed by atoms with Crippen LogP contribution in [0.2, 0.25) is 0 Å². The normalized spacial score (nSPS) is 19.6. The molecule has 0 bridgehead atoms. The predicted molar refractivity (Wildman–Crippen MR) is 94.0 cm³/mol. The summed E-state index contributed by atoms with van der Waals surface area (Å²) in [6, 6.07) is 3.76. The third-order valence-corrected chi connectivity index (χ3v) is 4.88. The number of fused-ring (bicyclic) bond motifs is 1. The van der Waals surface area contributed by atoms with Crippen LogP contribution in [0.25, 0.3) is 16.9 Å². The molecule has 0 amide bonds. The van der Waals surface area contributed by atoms with Crippen molar-refractivity contribution in [3.63, 3.8) is 0 Å². The van der Waals surface area contributed by atoms with Gasteiger partial charge in [0.25, 0.3) is 0 Å². The molecule has 1 saturated heterocycles. The van der Waals surface area contributed by atoms with Crippen molar-refractivity contribution in [2.75, 3.05) is 13.7 Å². The van der Waals surface area contributed by atoms with Crippen LogP contribution in [0.4, 0.5) is 0 Å². The fourth-order valence-electron chi connectivity index (χ4n) is 3.66. The van der Waals surface area contributed by atoms with Gasteiger partial charge in [-0.3, -0.25) is 0 Å². The maximum atomic E-state index is 12.2. The van der Waals surface area contributed by atoms with Gasteiger partial charge in [0.05, 0.1) is 35.7 Å². The summed E-state index contributed by atoms with van der Waals surface area (Å²) in [5, 5.41) is 3.74. The Morgan fingerprint density at radius 1 is 1.42 bits per heavy atom. The molecule has 136 valence electrons. The quantitative estimate of drug-likeness (QED) is 0.670. The molecule has 4 heterocycles. The molecule has 1 fully saturated rings. The molecule has 0 aliphatic carbocycles. The minimum absolute atomic E-state index is 0.149. The molecule has 0 saturated carbocycles. The zero-order chi connectivity index (χ0) is 18.3. The number of hydrogen-bond donors (Lipinski definition) is 0. The number of carbonyl (C=O) groups is 1. The van der Waals surface area contributed by atoms with Crippen molar-refractivity contribution in [3.05, 3.63) is 42.0 Å². The Morgan fingerprint density at radius 2 is 2.27 bits per heavy atom. The molecule has 1 aliphatic heterocycles. The van der Waals surface area contributed by atoms with Crippen LogP contribution < -0.4 is 0 Å². The third kappa shape index (κ3) is 2.88. The summed E-state index contributed by atoms with van der Waals surface area (Å²) in [4.78, 5) is 17.1. The highest BCUT2D eigenvalue weighted by atomic mass is 16.5. The van der Waals surface area contributed by atoms with Crippen LogP contribution in [0.5, 0.6) is 0 Å². The Bertz CT molecular complexity index is 943. The topological polar surface area (TPSA) is 78.9 Å². The molecule has 1 aliphatic rings. The van der Waals surface area contributed by atoms with Crippen molar-refractivity contribution < 1.29 is 18.8 Å². The lowest BCUT2D eigenvalue weighted by atomic mass is 9.86. The number of ether oxygens (including phenoxy) is 2. The second-order valence-electron chi connectivity index (χ2n) is 7.19. The number of aromatic nitrogens is 3. The molecule has 0 N–H and O–H groups in total. The van der Waals surface area contributed by atoms with E-state index in [2.05, 4.69) is 19.0 Å². The van der Waals surface area contributed by atoms with Gasteiger partial charge in [-0.2, -0.15) is 0 Å². The maximum Gasteiger partial charge on any atom is 0.340 e. The lowest BCUT2D eigenvalue weighted by molar-refractivity contribution is -0.0597. The molecule has 4 rings (SSSR count). The minimum atomic E-state index is -0.416. The van der Waals surface area contributed by atoms with Crippen LogP contribution in [0, 0.1) is 0 Å². The van der Waals surface area contributed by atoms with Gasteiger partial charge in [-0.05, 0) is 38.8 Å². The SMILES string of the molecule is COC(=O)c1cc2nc(C3CCOC(C)(C)C3)ccn2c1-c1cnoc1. The van der Waals surface area contributed by atoms with Crippen molar-refractivity contribution in [1.29, 1.82) is 0 Å². The van der Waals surface area contributed by atoms with E-state index in [0.29, 0.717) is 28.4 Å². The first kappa shape index (κ1) is 16.8. The summed E-state index contributed by atoms with van der Waals surface area (Å²) in [5.41, 5.74) is 3.37. The van der Waals surface area contributed by atoms with Crippen LogP contribution in [0.3, 0.4) is 0 Å². The number of carbonyl (C=O) groups excluding carboxylic acids is 1. The van der Waals surface area contributed by atoms with E-state index in [4.69, 9.17) is 19.0 Å². The van der Waals surface area contributed by atoms with E-state index in [-0.39, 0.29) is 5.60 Å². The van der Waals surface area contributed by atoms with Gasteiger partial charge in [-0.15, -0.1) is 0 Å². The highest BCUT2D eigenvalue weighted by Crippen LogP contribution is 2.35. The largest absolute Gasteiger partial charge is 0.465 e. The first-order valence-electron chi connectivity index (χ1n) is 8.62. The standard InChI is InChI=1S/C19H21N3O4/c1-19(2)9-12(5-7-25-19)15-4-6-22-16(21-15)8-14(18(23)24-3)17(22)13-10-20-26-11-13/h4,6,8,10-12H,5,7,9H2,1-3H3. The van der Waals surface area contributed by atoms with Crippen molar-refractivity contribution in [1.82, 2.24) is 14.5 Å². The van der Waals surface area contributed by atoms with Crippen molar-refractivity contribution in [2.24, 2.45) is 0 Å². The molecule has 3 aromatic rings. The number of nitrogens with zero attached hydrogens (tertiary/aromatic N) is 3. The average molecular weight is 355 g/mol. The minimum Gasteiger partial charge on any atom is -0.465 e. The van der Waals surface area contributed by atoms with Crippen LogP contribution in [0.1, 0.15) is 48.7 Å². The zero-order valence-electron chi connectivity index (χ0n) is 15.1. The molecule has 26 heavy (non-hydrogen) atoms. The lowest BCUT2D eigenvalue weighted by Crippen LogP contribution is -2.33. The Labute approximate surface area is 150 Å². The number of methoxy groups -OCH3 is 1. The van der Waals surface area contributed by atoms with Crippen molar-refractivity contribution in [2.45, 2.75) is 38.2 Å². The van der Waals surface area contributed by atoms with Gasteiger partial charge in [0, 0.05) is 24.4 Å². The number of esters is 1. The molecule has 0 spiro atoms. The van der Waals surface area contributed by atoms with Crippen LogP contribution in [0.15, 0.2) is 35.3 Å². The van der Waals surface area contributed by atoms with Gasteiger partial charge in [-0.1, -0.05) is 5.16 Å². The Morgan fingerprint density at radius 3 is 2.96 bits per heavy atom. The maximum absolute atomic E-state index is 12.2. The summed E-state index contributed by atoms with van der Waals surface area (Å²) in [6.45, 7) is 4.94. The van der Waals surface area contributed by atoms with Gasteiger partial charge >= 0.3 is 5.97 Å². The van der Waals surface area contributed by atoms with Gasteiger partial charge < -0.3 is 18.4 Å². The zero-order valence-corrected chi connectivity index (χ0v) is 15.1. The highest BCUT2D eigenvalue weighted by molar-refractivity contribution is 5.98. The Kier molecular flexibility index (Phi) is 4.03. The first-order valence-corrected chi connectivity index (χ1v) is 8.62. The van der Waals surface area contributed by atoms with Crippen molar-refractivity contribution in [3.8, 4) is 11.3 Å². The second-order valence-corrected chi connectivity index (χ2v) is 7.19. The van der Waals surface area contributed by atoms with Crippen molar-refractivity contribution >= 4 is 11.6 Å². The van der Waals surface area contributed by atoms with Gasteiger partial charge in [-0.25, -0.2) is 9.78 Å². The van der Waals surface area contributed by atoms with E-state index in [1.54, 1.807) is 12.3 Å². The van der Waals surface area contributed by atoms with E-state index in [0.717, 1.165) is 25.1 Å². The molecular weight excluding hydrogens is 334 g/mol. The predicted octanol–water partition coefficient (Wildman–Crippen LogP) is 3.45. The molecule has 1 unspecified atom stereocenters.